The summed E-state index contributed by atoms with van der Waals surface area (Å²) in [6.45, 7) is 0. The number of hydrogen-bond donors (Lipinski definition) is 2. The monoisotopic (exact) mass is 251 g/mol. The maximum absolute atomic E-state index is 9.97. The summed E-state index contributed by atoms with van der Waals surface area (Å²) in [6, 6.07) is 11.5. The summed E-state index contributed by atoms with van der Waals surface area (Å²) in [5.41, 5.74) is 7.24. The van der Waals surface area contributed by atoms with Crippen molar-refractivity contribution in [2.24, 2.45) is 0 Å². The highest BCUT2D eigenvalue weighted by atomic mass is 32.2. The van der Waals surface area contributed by atoms with Crippen molar-refractivity contribution in [2.45, 2.75) is 10.3 Å². The second-order valence-corrected chi connectivity index (χ2v) is 5.70. The van der Waals surface area contributed by atoms with E-state index >= 15 is 0 Å². The molecule has 16 heavy (non-hydrogen) atoms. The number of hydrogen-bond acceptors (Lipinski definition) is 4. The van der Waals surface area contributed by atoms with Crippen molar-refractivity contribution < 1.29 is 5.11 Å². The number of thiophene rings is 1. The van der Waals surface area contributed by atoms with Crippen LogP contribution in [0.3, 0.4) is 0 Å². The molecule has 3 N–H and O–H groups in total. The van der Waals surface area contributed by atoms with E-state index in [1.807, 2.05) is 35.7 Å². The highest BCUT2D eigenvalue weighted by Crippen LogP contribution is 2.28. The standard InChI is InChI=1S/C12H13NOS2/c13-10-4-1-3-9(7-10)11(14)8-16-12-5-2-6-15-12/h1-7,11,14H,8,13H2. The molecule has 0 amide bonds. The molecular formula is C12H13NOS2. The zero-order chi connectivity index (χ0) is 11.4. The molecular weight excluding hydrogens is 238 g/mol. The van der Waals surface area contributed by atoms with Crippen molar-refractivity contribution in [2.75, 3.05) is 11.5 Å². The Hall–Kier alpha value is -0.970. The fourth-order valence-corrected chi connectivity index (χ4v) is 3.15. The minimum Gasteiger partial charge on any atom is -0.399 e. The van der Waals surface area contributed by atoms with Crippen LogP contribution in [0, 0.1) is 0 Å². The van der Waals surface area contributed by atoms with Crippen LogP contribution in [0.15, 0.2) is 46.0 Å². The summed E-state index contributed by atoms with van der Waals surface area (Å²) < 4.78 is 1.22. The van der Waals surface area contributed by atoms with E-state index in [0.29, 0.717) is 11.4 Å². The highest BCUT2D eigenvalue weighted by molar-refractivity contribution is 8.01. The smallest absolute Gasteiger partial charge is 0.0884 e. The van der Waals surface area contributed by atoms with Gasteiger partial charge in [-0.05, 0) is 29.1 Å². The van der Waals surface area contributed by atoms with Crippen LogP contribution >= 0.6 is 23.1 Å². The highest BCUT2D eigenvalue weighted by Gasteiger charge is 2.08. The molecule has 4 heteroatoms. The molecule has 0 bridgehead atoms. The predicted molar refractivity (Wildman–Crippen MR) is 70.9 cm³/mol. The predicted octanol–water partition coefficient (Wildman–Crippen LogP) is 3.16. The first-order valence-corrected chi connectivity index (χ1v) is 6.82. The first kappa shape index (κ1) is 11.5. The number of nitrogen functional groups attached to an aromatic ring is 1. The van der Waals surface area contributed by atoms with E-state index < -0.39 is 6.10 Å². The van der Waals surface area contributed by atoms with Gasteiger partial charge >= 0.3 is 0 Å². The maximum atomic E-state index is 9.97. The molecule has 0 saturated carbocycles. The average molecular weight is 251 g/mol. The first-order chi connectivity index (χ1) is 7.75. The lowest BCUT2D eigenvalue weighted by atomic mass is 10.1. The molecule has 0 saturated heterocycles. The van der Waals surface area contributed by atoms with Gasteiger partial charge in [0.2, 0.25) is 0 Å². The Kier molecular flexibility index (Phi) is 3.88. The lowest BCUT2D eigenvalue weighted by Crippen LogP contribution is -2.00. The Morgan fingerprint density at radius 3 is 2.88 bits per heavy atom. The van der Waals surface area contributed by atoms with Crippen LogP contribution in [0.1, 0.15) is 11.7 Å². The van der Waals surface area contributed by atoms with Crippen LogP contribution in [0.4, 0.5) is 5.69 Å². The van der Waals surface area contributed by atoms with Crippen molar-refractivity contribution in [1.29, 1.82) is 0 Å². The number of nitrogens with two attached hydrogens (primary N) is 1. The molecule has 1 atom stereocenters. The van der Waals surface area contributed by atoms with Crippen LogP contribution in [0.5, 0.6) is 0 Å². The van der Waals surface area contributed by atoms with Crippen molar-refractivity contribution >= 4 is 28.8 Å². The zero-order valence-electron chi connectivity index (χ0n) is 8.67. The second-order valence-electron chi connectivity index (χ2n) is 3.43. The zero-order valence-corrected chi connectivity index (χ0v) is 10.3. The Balaban J connectivity index is 1.95. The van der Waals surface area contributed by atoms with Gasteiger partial charge in [0, 0.05) is 11.4 Å². The number of aliphatic hydroxyl groups is 1. The lowest BCUT2D eigenvalue weighted by molar-refractivity contribution is 0.204. The van der Waals surface area contributed by atoms with Gasteiger partial charge in [0.1, 0.15) is 0 Å². The molecule has 1 aromatic heterocycles. The normalized spacial score (nSPS) is 12.6. The molecule has 1 aromatic carbocycles. The minimum absolute atomic E-state index is 0.462. The third-order valence-corrected chi connectivity index (χ3v) is 4.38. The topological polar surface area (TPSA) is 46.2 Å². The quantitative estimate of drug-likeness (QED) is 0.648. The molecule has 2 rings (SSSR count). The van der Waals surface area contributed by atoms with E-state index in [9.17, 15) is 5.11 Å². The fraction of sp³-hybridized carbons (Fsp3) is 0.167. The number of benzene rings is 1. The Labute approximate surface area is 103 Å². The maximum Gasteiger partial charge on any atom is 0.0884 e. The molecule has 0 aliphatic rings. The van der Waals surface area contributed by atoms with Gasteiger partial charge < -0.3 is 10.8 Å². The SMILES string of the molecule is Nc1cccc(C(O)CSc2cccs2)c1. The molecule has 84 valence electrons. The van der Waals surface area contributed by atoms with Crippen molar-refractivity contribution in [1.82, 2.24) is 0 Å². The third kappa shape index (κ3) is 3.01. The summed E-state index contributed by atoms with van der Waals surface area (Å²) in [4.78, 5) is 0. The molecule has 0 aliphatic heterocycles. The van der Waals surface area contributed by atoms with E-state index in [1.54, 1.807) is 23.1 Å². The van der Waals surface area contributed by atoms with Crippen LogP contribution in [-0.4, -0.2) is 10.9 Å². The van der Waals surface area contributed by atoms with Gasteiger partial charge in [0.25, 0.3) is 0 Å². The van der Waals surface area contributed by atoms with Crippen LogP contribution in [0.25, 0.3) is 0 Å². The molecule has 2 nitrogen and oxygen atoms in total. The van der Waals surface area contributed by atoms with Crippen LogP contribution < -0.4 is 5.73 Å². The molecule has 0 spiro atoms. The van der Waals surface area contributed by atoms with Gasteiger partial charge in [-0.3, -0.25) is 0 Å². The van der Waals surface area contributed by atoms with E-state index in [1.165, 1.54) is 4.21 Å². The van der Waals surface area contributed by atoms with E-state index in [2.05, 4.69) is 6.07 Å². The minimum atomic E-state index is -0.462. The van der Waals surface area contributed by atoms with Gasteiger partial charge in [-0.2, -0.15) is 0 Å². The molecule has 1 unspecified atom stereocenters. The summed E-state index contributed by atoms with van der Waals surface area (Å²) in [5.74, 6) is 0.657. The van der Waals surface area contributed by atoms with E-state index in [4.69, 9.17) is 5.73 Å². The number of aliphatic hydroxyl groups excluding tert-OH is 1. The first-order valence-electron chi connectivity index (χ1n) is 4.95. The number of rotatable bonds is 4. The van der Waals surface area contributed by atoms with Crippen molar-refractivity contribution in [3.05, 3.63) is 47.3 Å². The van der Waals surface area contributed by atoms with Gasteiger partial charge in [-0.25, -0.2) is 0 Å². The van der Waals surface area contributed by atoms with Gasteiger partial charge in [-0.1, -0.05) is 18.2 Å². The molecule has 0 radical (unpaired) electrons. The second kappa shape index (κ2) is 5.39. The summed E-state index contributed by atoms with van der Waals surface area (Å²) in [5, 5.41) is 12.0. The van der Waals surface area contributed by atoms with Gasteiger partial charge in [-0.15, -0.1) is 23.1 Å². The number of thioether (sulfide) groups is 1. The molecule has 2 aromatic rings. The fourth-order valence-electron chi connectivity index (χ4n) is 1.37. The Morgan fingerprint density at radius 1 is 1.31 bits per heavy atom. The van der Waals surface area contributed by atoms with Gasteiger partial charge in [0.15, 0.2) is 0 Å². The average Bonchev–Trinajstić information content (AvgIpc) is 2.78. The number of anilines is 1. The Bertz CT molecular complexity index is 442. The molecule has 0 fully saturated rings. The van der Waals surface area contributed by atoms with Gasteiger partial charge in [0.05, 0.1) is 10.3 Å². The van der Waals surface area contributed by atoms with Crippen molar-refractivity contribution in [3.8, 4) is 0 Å². The summed E-state index contributed by atoms with van der Waals surface area (Å²) >= 11 is 3.35. The lowest BCUT2D eigenvalue weighted by Gasteiger charge is -2.10. The molecule has 1 heterocycles. The third-order valence-electron chi connectivity index (χ3n) is 2.17. The van der Waals surface area contributed by atoms with E-state index in [0.717, 1.165) is 5.56 Å². The summed E-state index contributed by atoms with van der Waals surface area (Å²) in [7, 11) is 0. The van der Waals surface area contributed by atoms with Crippen LogP contribution in [0.2, 0.25) is 0 Å². The Morgan fingerprint density at radius 2 is 2.19 bits per heavy atom. The van der Waals surface area contributed by atoms with E-state index in [-0.39, 0.29) is 0 Å². The van der Waals surface area contributed by atoms with Crippen molar-refractivity contribution in [3.63, 3.8) is 0 Å². The summed E-state index contributed by atoms with van der Waals surface area (Å²) in [6.07, 6.45) is -0.462. The van der Waals surface area contributed by atoms with Crippen LogP contribution in [-0.2, 0) is 0 Å². The molecule has 0 aliphatic carbocycles. The largest absolute Gasteiger partial charge is 0.399 e.